The van der Waals surface area contributed by atoms with Crippen LogP contribution >= 0.6 is 0 Å². The lowest BCUT2D eigenvalue weighted by molar-refractivity contribution is -0.101. The van der Waals surface area contributed by atoms with Crippen LogP contribution in [0, 0.1) is 0 Å². The number of rotatable bonds is 5. The van der Waals surface area contributed by atoms with Crippen LogP contribution in [0.2, 0.25) is 0 Å². The van der Waals surface area contributed by atoms with Crippen LogP contribution in [0.5, 0.6) is 17.2 Å². The second-order valence-corrected chi connectivity index (χ2v) is 9.57. The minimum absolute atomic E-state index is 0.0456. The number of benzene rings is 2. The third-order valence-electron chi connectivity index (χ3n) is 5.91. The summed E-state index contributed by atoms with van der Waals surface area (Å²) in [6.07, 6.45) is -5.01. The SMILES string of the molecule is CNC(=O)c1c(C2CC(O)C(O)C(O)C2NS(=O)(=O)c2ccccc2)cc2c(c1O)OCO2. The maximum absolute atomic E-state index is 13.0. The summed E-state index contributed by atoms with van der Waals surface area (Å²) in [6, 6.07) is 7.47. The number of sulfonamides is 1. The quantitative estimate of drug-likeness (QED) is 0.326. The Bertz CT molecular complexity index is 1160. The topological polar surface area (TPSA) is 175 Å². The van der Waals surface area contributed by atoms with Gasteiger partial charge in [0.1, 0.15) is 6.10 Å². The Hall–Kier alpha value is -2.90. The van der Waals surface area contributed by atoms with Crippen molar-refractivity contribution in [2.24, 2.45) is 0 Å². The van der Waals surface area contributed by atoms with Crippen molar-refractivity contribution in [1.29, 1.82) is 0 Å². The van der Waals surface area contributed by atoms with Crippen molar-refractivity contribution in [2.75, 3.05) is 13.8 Å². The molecule has 1 aliphatic carbocycles. The number of fused-ring (bicyclic) bond motifs is 1. The number of hydrogen-bond acceptors (Lipinski definition) is 9. The summed E-state index contributed by atoms with van der Waals surface area (Å²) >= 11 is 0. The molecule has 5 unspecified atom stereocenters. The van der Waals surface area contributed by atoms with Gasteiger partial charge in [0, 0.05) is 13.0 Å². The van der Waals surface area contributed by atoms with Crippen LogP contribution in [0.1, 0.15) is 28.3 Å². The standard InChI is InChI=1S/C21H24N2O9S/c1-22-21(28)15-11(8-14-20(18(15)26)32-9-31-14)12-7-13(24)17(25)19(27)16(12)23-33(29,30)10-5-3-2-4-6-10/h2-6,8,12-13,16-17,19,23-27H,7,9H2,1H3,(H,22,28). The van der Waals surface area contributed by atoms with Crippen molar-refractivity contribution >= 4 is 15.9 Å². The second kappa shape index (κ2) is 8.80. The molecule has 178 valence electrons. The van der Waals surface area contributed by atoms with Gasteiger partial charge in [-0.15, -0.1) is 0 Å². The highest BCUT2D eigenvalue weighted by Crippen LogP contribution is 2.48. The molecule has 0 bridgehead atoms. The molecule has 4 rings (SSSR count). The molecular formula is C21H24N2O9S. The highest BCUT2D eigenvalue weighted by Gasteiger charge is 2.47. The van der Waals surface area contributed by atoms with E-state index >= 15 is 0 Å². The van der Waals surface area contributed by atoms with Crippen LogP contribution in [-0.4, -0.2) is 72.9 Å². The van der Waals surface area contributed by atoms with Gasteiger partial charge in [-0.2, -0.15) is 0 Å². The van der Waals surface area contributed by atoms with Crippen LogP contribution in [0.3, 0.4) is 0 Å². The molecule has 0 saturated heterocycles. The molecule has 0 aromatic heterocycles. The molecular weight excluding hydrogens is 456 g/mol. The lowest BCUT2D eigenvalue weighted by atomic mass is 9.74. The van der Waals surface area contributed by atoms with Crippen molar-refractivity contribution in [3.8, 4) is 17.2 Å². The van der Waals surface area contributed by atoms with Crippen molar-refractivity contribution in [1.82, 2.24) is 10.0 Å². The van der Waals surface area contributed by atoms with Crippen LogP contribution in [0.15, 0.2) is 41.3 Å². The summed E-state index contributed by atoms with van der Waals surface area (Å²) in [5, 5.41) is 44.5. The first-order chi connectivity index (χ1) is 15.7. The third-order valence-corrected chi connectivity index (χ3v) is 7.38. The van der Waals surface area contributed by atoms with Crippen LogP contribution in [0.25, 0.3) is 0 Å². The van der Waals surface area contributed by atoms with Crippen molar-refractivity contribution in [2.45, 2.75) is 41.6 Å². The first-order valence-corrected chi connectivity index (χ1v) is 11.6. The fourth-order valence-corrected chi connectivity index (χ4v) is 5.56. The second-order valence-electron chi connectivity index (χ2n) is 7.85. The van der Waals surface area contributed by atoms with E-state index in [1.807, 2.05) is 0 Å². The molecule has 2 aromatic carbocycles. The van der Waals surface area contributed by atoms with Gasteiger partial charge in [0.25, 0.3) is 5.91 Å². The number of aliphatic hydroxyl groups is 3. The molecule has 1 fully saturated rings. The summed E-state index contributed by atoms with van der Waals surface area (Å²) in [5.41, 5.74) is -0.103. The van der Waals surface area contributed by atoms with Gasteiger partial charge in [0.15, 0.2) is 11.5 Å². The monoisotopic (exact) mass is 480 g/mol. The number of phenols is 1. The van der Waals surface area contributed by atoms with Gasteiger partial charge in [0.2, 0.25) is 22.6 Å². The first-order valence-electron chi connectivity index (χ1n) is 10.1. The van der Waals surface area contributed by atoms with Gasteiger partial charge >= 0.3 is 0 Å². The maximum atomic E-state index is 13.0. The largest absolute Gasteiger partial charge is 0.504 e. The average Bonchev–Trinajstić information content (AvgIpc) is 3.28. The molecule has 2 aromatic rings. The molecule has 5 atom stereocenters. The van der Waals surface area contributed by atoms with Crippen LogP contribution in [0.4, 0.5) is 0 Å². The summed E-state index contributed by atoms with van der Waals surface area (Å²) < 4.78 is 39.0. The molecule has 1 saturated carbocycles. The smallest absolute Gasteiger partial charge is 0.255 e. The van der Waals surface area contributed by atoms with E-state index in [4.69, 9.17) is 9.47 Å². The number of phenolic OH excluding ortho intramolecular Hbond substituents is 1. The van der Waals surface area contributed by atoms with Crippen molar-refractivity contribution in [3.63, 3.8) is 0 Å². The van der Waals surface area contributed by atoms with E-state index in [1.54, 1.807) is 6.07 Å². The van der Waals surface area contributed by atoms with Crippen LogP contribution < -0.4 is 19.5 Å². The summed E-state index contributed by atoms with van der Waals surface area (Å²) in [5.74, 6) is -2.16. The molecule has 1 amide bonds. The van der Waals surface area contributed by atoms with E-state index < -0.39 is 52.0 Å². The highest BCUT2D eigenvalue weighted by atomic mass is 32.2. The zero-order valence-electron chi connectivity index (χ0n) is 17.5. The van der Waals surface area contributed by atoms with Gasteiger partial charge in [-0.25, -0.2) is 13.1 Å². The average molecular weight is 480 g/mol. The van der Waals surface area contributed by atoms with Crippen molar-refractivity contribution in [3.05, 3.63) is 47.5 Å². The van der Waals surface area contributed by atoms with Gasteiger partial charge in [-0.3, -0.25) is 4.79 Å². The lowest BCUT2D eigenvalue weighted by Gasteiger charge is -2.42. The molecule has 33 heavy (non-hydrogen) atoms. The van der Waals surface area contributed by atoms with E-state index in [2.05, 4.69) is 10.0 Å². The minimum Gasteiger partial charge on any atom is -0.504 e. The molecule has 1 heterocycles. The molecule has 2 aliphatic rings. The van der Waals surface area contributed by atoms with Gasteiger partial charge in [0.05, 0.1) is 28.7 Å². The number of carbonyl (C=O) groups excluding carboxylic acids is 1. The summed E-state index contributed by atoms with van der Waals surface area (Å²) in [6.45, 7) is -0.196. The van der Waals surface area contributed by atoms with Gasteiger partial charge in [-0.05, 0) is 30.2 Å². The van der Waals surface area contributed by atoms with Crippen molar-refractivity contribution < 1.29 is 43.1 Å². The Labute approximate surface area is 189 Å². The Morgan fingerprint density at radius 2 is 1.79 bits per heavy atom. The molecule has 0 spiro atoms. The third kappa shape index (κ3) is 4.11. The number of hydrogen-bond donors (Lipinski definition) is 6. The Morgan fingerprint density at radius 1 is 1.09 bits per heavy atom. The number of nitrogens with one attached hydrogen (secondary N) is 2. The lowest BCUT2D eigenvalue weighted by Crippen LogP contribution is -2.59. The number of ether oxygens (including phenoxy) is 2. The summed E-state index contributed by atoms with van der Waals surface area (Å²) in [7, 11) is -2.81. The predicted molar refractivity (Wildman–Crippen MR) is 114 cm³/mol. The maximum Gasteiger partial charge on any atom is 0.255 e. The Balaban J connectivity index is 1.84. The summed E-state index contributed by atoms with van der Waals surface area (Å²) in [4.78, 5) is 12.6. The fraction of sp³-hybridized carbons (Fsp3) is 0.381. The molecule has 0 radical (unpaired) electrons. The van der Waals surface area contributed by atoms with Gasteiger partial charge in [-0.1, -0.05) is 18.2 Å². The Kier molecular flexibility index (Phi) is 6.20. The normalized spacial score (nSPS) is 26.7. The van der Waals surface area contributed by atoms with E-state index in [9.17, 15) is 33.6 Å². The van der Waals surface area contributed by atoms with E-state index in [0.29, 0.717) is 0 Å². The number of amides is 1. The van der Waals surface area contributed by atoms with E-state index in [-0.39, 0.29) is 40.7 Å². The number of carbonyl (C=O) groups is 1. The zero-order valence-corrected chi connectivity index (χ0v) is 18.3. The first kappa shape index (κ1) is 23.3. The molecule has 6 N–H and O–H groups in total. The van der Waals surface area contributed by atoms with E-state index in [0.717, 1.165) is 0 Å². The number of aliphatic hydroxyl groups excluding tert-OH is 3. The number of aromatic hydroxyl groups is 1. The minimum atomic E-state index is -4.16. The zero-order chi connectivity index (χ0) is 23.9. The fourth-order valence-electron chi connectivity index (χ4n) is 4.24. The molecule has 11 nitrogen and oxygen atoms in total. The molecule has 12 heteroatoms. The van der Waals surface area contributed by atoms with Gasteiger partial charge < -0.3 is 35.2 Å². The Morgan fingerprint density at radius 3 is 2.45 bits per heavy atom. The van der Waals surface area contributed by atoms with E-state index in [1.165, 1.54) is 37.4 Å². The molecule has 1 aliphatic heterocycles. The highest BCUT2D eigenvalue weighted by molar-refractivity contribution is 7.89. The van der Waals surface area contributed by atoms with Crippen LogP contribution in [-0.2, 0) is 10.0 Å². The predicted octanol–water partition coefficient (Wildman–Crippen LogP) is -0.602.